The van der Waals surface area contributed by atoms with Gasteiger partial charge in [0.05, 0.1) is 19.3 Å². The summed E-state index contributed by atoms with van der Waals surface area (Å²) in [5.74, 6) is -0.0173. The van der Waals surface area contributed by atoms with Gasteiger partial charge in [-0.1, -0.05) is 41.9 Å². The zero-order valence-corrected chi connectivity index (χ0v) is 18.0. The van der Waals surface area contributed by atoms with Crippen molar-refractivity contribution in [2.45, 2.75) is 19.9 Å². The second-order valence-corrected chi connectivity index (χ2v) is 9.20. The van der Waals surface area contributed by atoms with E-state index in [1.807, 2.05) is 37.3 Å². The third kappa shape index (κ3) is 5.08. The number of methoxy groups -OCH3 is 1. The van der Waals surface area contributed by atoms with Gasteiger partial charge in [-0.05, 0) is 30.5 Å². The van der Waals surface area contributed by atoms with Gasteiger partial charge in [-0.25, -0.2) is 0 Å². The van der Waals surface area contributed by atoms with E-state index >= 15 is 0 Å². The maximum Gasteiger partial charge on any atom is 0.282 e. The Hall–Kier alpha value is -2.13. The van der Waals surface area contributed by atoms with Gasteiger partial charge in [0.1, 0.15) is 5.75 Å². The van der Waals surface area contributed by atoms with Crippen LogP contribution in [0.4, 0.5) is 5.69 Å². The number of hydrogen-bond acceptors (Lipinski definition) is 4. The number of carbonyl (C=O) groups excluding carboxylic acids is 1. The minimum atomic E-state index is -3.73. The molecule has 3 rings (SSSR count). The maximum atomic E-state index is 13.0. The summed E-state index contributed by atoms with van der Waals surface area (Å²) in [7, 11) is -2.25. The number of hydrogen-bond donors (Lipinski definition) is 1. The van der Waals surface area contributed by atoms with Crippen LogP contribution in [0.1, 0.15) is 17.5 Å². The van der Waals surface area contributed by atoms with Crippen LogP contribution < -0.4 is 10.1 Å². The van der Waals surface area contributed by atoms with Crippen LogP contribution in [0.25, 0.3) is 0 Å². The van der Waals surface area contributed by atoms with Crippen molar-refractivity contribution in [3.8, 4) is 5.75 Å². The lowest BCUT2D eigenvalue weighted by Gasteiger charge is -2.34. The highest BCUT2D eigenvalue weighted by Gasteiger charge is 2.34. The molecule has 156 valence electrons. The SMILES string of the molecule is COc1cc(Cl)c(C)cc1NC(=O)CN1CCCN(Cc2ccccc2)S1(=O)=O. The molecule has 0 radical (unpaired) electrons. The molecule has 1 heterocycles. The van der Waals surface area contributed by atoms with Gasteiger partial charge in [0.25, 0.3) is 10.2 Å². The number of benzene rings is 2. The number of rotatable bonds is 6. The fourth-order valence-electron chi connectivity index (χ4n) is 3.21. The Labute approximate surface area is 176 Å². The van der Waals surface area contributed by atoms with Gasteiger partial charge in [0.15, 0.2) is 0 Å². The van der Waals surface area contributed by atoms with E-state index in [4.69, 9.17) is 16.3 Å². The van der Waals surface area contributed by atoms with Crippen LogP contribution in [0.2, 0.25) is 5.02 Å². The molecule has 1 fully saturated rings. The normalized spacial score (nSPS) is 17.1. The average Bonchev–Trinajstić information content (AvgIpc) is 2.68. The van der Waals surface area contributed by atoms with Crippen LogP contribution in [0.15, 0.2) is 42.5 Å². The molecule has 2 aromatic rings. The molecule has 0 spiro atoms. The highest BCUT2D eigenvalue weighted by Crippen LogP contribution is 2.31. The second kappa shape index (κ2) is 9.13. The lowest BCUT2D eigenvalue weighted by molar-refractivity contribution is -0.116. The first-order valence-corrected chi connectivity index (χ1v) is 11.0. The predicted octanol–water partition coefficient (Wildman–Crippen LogP) is 3.05. The van der Waals surface area contributed by atoms with E-state index in [1.54, 1.807) is 12.1 Å². The number of nitrogens with one attached hydrogen (secondary N) is 1. The van der Waals surface area contributed by atoms with Crippen molar-refractivity contribution >= 4 is 33.4 Å². The Bertz CT molecular complexity index is 983. The Morgan fingerprint density at radius 2 is 1.86 bits per heavy atom. The van der Waals surface area contributed by atoms with Crippen LogP contribution in [-0.4, -0.2) is 49.7 Å². The monoisotopic (exact) mass is 437 g/mol. The van der Waals surface area contributed by atoms with Crippen LogP contribution in [0.5, 0.6) is 5.75 Å². The molecule has 1 saturated heterocycles. The molecule has 9 heteroatoms. The molecule has 7 nitrogen and oxygen atoms in total. The Balaban J connectivity index is 1.71. The van der Waals surface area contributed by atoms with Crippen molar-refractivity contribution in [3.05, 3.63) is 58.6 Å². The van der Waals surface area contributed by atoms with Gasteiger partial charge in [0, 0.05) is 30.7 Å². The van der Waals surface area contributed by atoms with Gasteiger partial charge < -0.3 is 10.1 Å². The standard InChI is InChI=1S/C20H24ClN3O4S/c1-15-11-18(19(28-2)12-17(15)21)22-20(25)14-24-10-6-9-23(29(24,26)27)13-16-7-4-3-5-8-16/h3-5,7-8,11-12H,6,9-10,13-14H2,1-2H3,(H,22,25). The van der Waals surface area contributed by atoms with Crippen LogP contribution in [-0.2, 0) is 21.5 Å². The van der Waals surface area contributed by atoms with Crippen LogP contribution >= 0.6 is 11.6 Å². The number of ether oxygens (including phenoxy) is 1. The van der Waals surface area contributed by atoms with Gasteiger partial charge in [0.2, 0.25) is 5.91 Å². The van der Waals surface area contributed by atoms with E-state index < -0.39 is 16.1 Å². The van der Waals surface area contributed by atoms with Crippen molar-refractivity contribution in [2.75, 3.05) is 32.1 Å². The third-order valence-corrected chi connectivity index (χ3v) is 7.08. The van der Waals surface area contributed by atoms with Crippen LogP contribution in [0.3, 0.4) is 0 Å². The number of carbonyl (C=O) groups is 1. The Morgan fingerprint density at radius 3 is 2.55 bits per heavy atom. The van der Waals surface area contributed by atoms with E-state index in [0.717, 1.165) is 11.1 Å². The molecule has 0 unspecified atom stereocenters. The van der Waals surface area contributed by atoms with Crippen molar-refractivity contribution < 1.29 is 17.9 Å². The number of anilines is 1. The molecule has 0 bridgehead atoms. The Kier molecular flexibility index (Phi) is 6.79. The molecular weight excluding hydrogens is 414 g/mol. The lowest BCUT2D eigenvalue weighted by Crippen LogP contribution is -2.51. The number of aryl methyl sites for hydroxylation is 1. The lowest BCUT2D eigenvalue weighted by atomic mass is 10.2. The highest BCUT2D eigenvalue weighted by atomic mass is 35.5. The summed E-state index contributed by atoms with van der Waals surface area (Å²) in [6.07, 6.45) is 0.655. The summed E-state index contributed by atoms with van der Waals surface area (Å²) in [6, 6.07) is 12.7. The van der Waals surface area contributed by atoms with Gasteiger partial charge in [-0.2, -0.15) is 17.0 Å². The summed E-state index contributed by atoms with van der Waals surface area (Å²) < 4.78 is 33.8. The number of nitrogens with zero attached hydrogens (tertiary/aromatic N) is 2. The first-order valence-electron chi connectivity index (χ1n) is 9.24. The fraction of sp³-hybridized carbons (Fsp3) is 0.350. The summed E-state index contributed by atoms with van der Waals surface area (Å²) in [6.45, 7) is 2.56. The zero-order chi connectivity index (χ0) is 21.0. The molecule has 1 amide bonds. The first-order chi connectivity index (χ1) is 13.8. The molecule has 1 N–H and O–H groups in total. The number of amides is 1. The quantitative estimate of drug-likeness (QED) is 0.753. The second-order valence-electron chi connectivity index (χ2n) is 6.86. The molecule has 1 aliphatic heterocycles. The minimum absolute atomic E-state index is 0.265. The summed E-state index contributed by atoms with van der Waals surface area (Å²) >= 11 is 6.09. The molecular formula is C20H24ClN3O4S. The van der Waals surface area contributed by atoms with Crippen molar-refractivity contribution in [2.24, 2.45) is 0 Å². The Morgan fingerprint density at radius 1 is 1.17 bits per heavy atom. The fourth-order valence-corrected chi connectivity index (χ4v) is 5.00. The van der Waals surface area contributed by atoms with Crippen molar-refractivity contribution in [1.82, 2.24) is 8.61 Å². The summed E-state index contributed by atoms with van der Waals surface area (Å²) in [5, 5.41) is 3.26. The molecule has 29 heavy (non-hydrogen) atoms. The van der Waals surface area contributed by atoms with E-state index in [2.05, 4.69) is 5.32 Å². The maximum absolute atomic E-state index is 13.0. The van der Waals surface area contributed by atoms with Gasteiger partial charge in [-0.3, -0.25) is 4.79 Å². The third-order valence-electron chi connectivity index (χ3n) is 4.74. The molecule has 2 aromatic carbocycles. The topological polar surface area (TPSA) is 79.0 Å². The van der Waals surface area contributed by atoms with E-state index in [-0.39, 0.29) is 13.1 Å². The van der Waals surface area contributed by atoms with E-state index in [9.17, 15) is 13.2 Å². The summed E-state index contributed by atoms with van der Waals surface area (Å²) in [5.41, 5.74) is 2.14. The van der Waals surface area contributed by atoms with E-state index in [0.29, 0.717) is 36.0 Å². The zero-order valence-electron chi connectivity index (χ0n) is 16.4. The van der Waals surface area contributed by atoms with E-state index in [1.165, 1.54) is 15.7 Å². The van der Waals surface area contributed by atoms with Crippen molar-refractivity contribution in [1.29, 1.82) is 0 Å². The first kappa shape index (κ1) is 21.6. The van der Waals surface area contributed by atoms with Crippen LogP contribution in [0, 0.1) is 6.92 Å². The largest absolute Gasteiger partial charge is 0.495 e. The van der Waals surface area contributed by atoms with Gasteiger partial charge >= 0.3 is 0 Å². The van der Waals surface area contributed by atoms with Crippen molar-refractivity contribution in [3.63, 3.8) is 0 Å². The molecule has 0 aliphatic carbocycles. The molecule has 0 atom stereocenters. The van der Waals surface area contributed by atoms with Gasteiger partial charge in [-0.15, -0.1) is 0 Å². The molecule has 0 saturated carbocycles. The average molecular weight is 438 g/mol. The predicted molar refractivity (Wildman–Crippen MR) is 113 cm³/mol. The smallest absolute Gasteiger partial charge is 0.282 e. The number of halogens is 1. The summed E-state index contributed by atoms with van der Waals surface area (Å²) in [4.78, 5) is 12.6. The molecule has 1 aliphatic rings. The molecule has 0 aromatic heterocycles. The highest BCUT2D eigenvalue weighted by molar-refractivity contribution is 7.86. The minimum Gasteiger partial charge on any atom is -0.495 e.